The lowest BCUT2D eigenvalue weighted by atomic mass is 10.0. The number of rotatable bonds is 7. The maximum atomic E-state index is 6.46. The Bertz CT molecular complexity index is 361. The molecule has 0 bridgehead atoms. The van der Waals surface area contributed by atoms with Gasteiger partial charge < -0.3 is 4.90 Å². The van der Waals surface area contributed by atoms with Crippen molar-refractivity contribution >= 4 is 23.2 Å². The smallest absolute Gasteiger partial charge is 0.0833 e. The highest BCUT2D eigenvalue weighted by Crippen LogP contribution is 2.32. The fourth-order valence-electron chi connectivity index (χ4n) is 1.77. The van der Waals surface area contributed by atoms with Crippen molar-refractivity contribution in [2.45, 2.75) is 38.6 Å². The van der Waals surface area contributed by atoms with Crippen LogP contribution in [0.5, 0.6) is 0 Å². The van der Waals surface area contributed by atoms with Gasteiger partial charge >= 0.3 is 0 Å². The molecule has 5 heteroatoms. The van der Waals surface area contributed by atoms with Crippen molar-refractivity contribution < 1.29 is 0 Å². The van der Waals surface area contributed by atoms with Gasteiger partial charge in [0.25, 0.3) is 0 Å². The summed E-state index contributed by atoms with van der Waals surface area (Å²) in [5.74, 6) is 0.656. The normalized spacial score (nSPS) is 13.6. The van der Waals surface area contributed by atoms with E-state index in [0.717, 1.165) is 31.6 Å². The third-order valence-corrected chi connectivity index (χ3v) is 3.60. The molecule has 1 unspecified atom stereocenters. The van der Waals surface area contributed by atoms with Gasteiger partial charge in [0.05, 0.1) is 28.8 Å². The van der Waals surface area contributed by atoms with Gasteiger partial charge in [-0.15, -0.1) is 11.6 Å². The second kappa shape index (κ2) is 7.37. The molecule has 3 nitrogen and oxygen atoms in total. The number of halogens is 2. The molecule has 0 aliphatic carbocycles. The van der Waals surface area contributed by atoms with Gasteiger partial charge in [0.2, 0.25) is 0 Å². The van der Waals surface area contributed by atoms with Crippen LogP contribution in [0, 0.1) is 5.92 Å². The minimum absolute atomic E-state index is 0.0513. The Labute approximate surface area is 120 Å². The summed E-state index contributed by atoms with van der Waals surface area (Å²) in [7, 11) is 4.09. The van der Waals surface area contributed by atoms with Crippen LogP contribution in [0.3, 0.4) is 0 Å². The molecule has 0 aromatic carbocycles. The van der Waals surface area contributed by atoms with E-state index in [1.165, 1.54) is 0 Å². The first kappa shape index (κ1) is 15.8. The summed E-state index contributed by atoms with van der Waals surface area (Å²) >= 11 is 12.6. The van der Waals surface area contributed by atoms with Crippen LogP contribution >= 0.6 is 23.2 Å². The summed E-state index contributed by atoms with van der Waals surface area (Å²) < 4.78 is 1.93. The highest BCUT2D eigenvalue weighted by atomic mass is 35.5. The van der Waals surface area contributed by atoms with Gasteiger partial charge in [-0.25, -0.2) is 0 Å². The maximum Gasteiger partial charge on any atom is 0.0833 e. The van der Waals surface area contributed by atoms with Gasteiger partial charge in [-0.1, -0.05) is 25.4 Å². The Morgan fingerprint density at radius 3 is 2.56 bits per heavy atom. The topological polar surface area (TPSA) is 21.1 Å². The molecule has 0 saturated heterocycles. The van der Waals surface area contributed by atoms with E-state index < -0.39 is 0 Å². The summed E-state index contributed by atoms with van der Waals surface area (Å²) in [6.07, 6.45) is 3.73. The van der Waals surface area contributed by atoms with Crippen LogP contribution in [0.15, 0.2) is 6.20 Å². The molecule has 1 aromatic rings. The Morgan fingerprint density at radius 1 is 1.33 bits per heavy atom. The van der Waals surface area contributed by atoms with Gasteiger partial charge in [0.1, 0.15) is 0 Å². The number of nitrogens with zero attached hydrogens (tertiary/aromatic N) is 3. The lowest BCUT2D eigenvalue weighted by Gasteiger charge is -2.16. The molecule has 0 aliphatic heterocycles. The molecule has 0 radical (unpaired) electrons. The fraction of sp³-hybridized carbons (Fsp3) is 0.769. The summed E-state index contributed by atoms with van der Waals surface area (Å²) in [4.78, 5) is 2.12. The average molecular weight is 292 g/mol. The molecule has 0 amide bonds. The van der Waals surface area contributed by atoms with E-state index in [1.807, 2.05) is 18.8 Å². The molecule has 104 valence electrons. The van der Waals surface area contributed by atoms with Gasteiger partial charge in [-0.2, -0.15) is 5.10 Å². The van der Waals surface area contributed by atoms with Crippen LogP contribution in [0.25, 0.3) is 0 Å². The van der Waals surface area contributed by atoms with Gasteiger partial charge in [0, 0.05) is 6.54 Å². The zero-order valence-electron chi connectivity index (χ0n) is 11.7. The van der Waals surface area contributed by atoms with E-state index in [0.29, 0.717) is 10.9 Å². The lowest BCUT2D eigenvalue weighted by molar-refractivity contribution is 0.368. The lowest BCUT2D eigenvalue weighted by Crippen LogP contribution is -2.20. The molecule has 0 fully saturated rings. The van der Waals surface area contributed by atoms with Gasteiger partial charge in [-0.05, 0) is 32.9 Å². The summed E-state index contributed by atoms with van der Waals surface area (Å²) in [5.41, 5.74) is 0.959. The second-order valence-corrected chi connectivity index (χ2v) is 6.28. The van der Waals surface area contributed by atoms with Crippen molar-refractivity contribution in [1.29, 1.82) is 0 Å². The van der Waals surface area contributed by atoms with Crippen molar-refractivity contribution in [3.05, 3.63) is 16.9 Å². The molecule has 0 spiro atoms. The molecule has 1 atom stereocenters. The van der Waals surface area contributed by atoms with Crippen molar-refractivity contribution in [2.24, 2.45) is 5.92 Å². The Kier molecular flexibility index (Phi) is 6.47. The highest BCUT2D eigenvalue weighted by Gasteiger charge is 2.18. The molecule has 0 saturated carbocycles. The molecular formula is C13H23Cl2N3. The number of hydrogen-bond donors (Lipinski definition) is 0. The van der Waals surface area contributed by atoms with Crippen molar-refractivity contribution in [3.63, 3.8) is 0 Å². The number of likely N-dealkylation sites (N-methyl/N-ethyl adjacent to an activating group) is 1. The van der Waals surface area contributed by atoms with Crippen LogP contribution < -0.4 is 0 Å². The molecule has 0 N–H and O–H groups in total. The first-order chi connectivity index (χ1) is 8.41. The standard InChI is InChI=1S/C13H23Cl2N3/c1-10(2)5-6-11(14)13-12(15)9-16-18(13)8-7-17(3)4/h9-11H,5-8H2,1-4H3. The zero-order chi connectivity index (χ0) is 13.7. The number of hydrogen-bond acceptors (Lipinski definition) is 2. The van der Waals surface area contributed by atoms with Crippen LogP contribution in [0.2, 0.25) is 5.02 Å². The summed E-state index contributed by atoms with van der Waals surface area (Å²) in [6, 6.07) is 0. The third kappa shape index (κ3) is 4.79. The predicted molar refractivity (Wildman–Crippen MR) is 78.5 cm³/mol. The van der Waals surface area contributed by atoms with Crippen molar-refractivity contribution in [3.8, 4) is 0 Å². The van der Waals surface area contributed by atoms with Crippen LogP contribution in [-0.2, 0) is 6.54 Å². The van der Waals surface area contributed by atoms with E-state index in [-0.39, 0.29) is 5.38 Å². The Balaban J connectivity index is 2.70. The largest absolute Gasteiger partial charge is 0.308 e. The van der Waals surface area contributed by atoms with E-state index in [4.69, 9.17) is 23.2 Å². The number of aromatic nitrogens is 2. The third-order valence-electron chi connectivity index (χ3n) is 2.89. The van der Waals surface area contributed by atoms with Crippen LogP contribution in [0.1, 0.15) is 37.8 Å². The molecule has 18 heavy (non-hydrogen) atoms. The minimum atomic E-state index is -0.0513. The molecular weight excluding hydrogens is 269 g/mol. The fourth-order valence-corrected chi connectivity index (χ4v) is 2.46. The van der Waals surface area contributed by atoms with E-state index in [2.05, 4.69) is 23.8 Å². The average Bonchev–Trinajstić information content (AvgIpc) is 2.64. The number of alkyl halides is 1. The second-order valence-electron chi connectivity index (χ2n) is 5.34. The van der Waals surface area contributed by atoms with Crippen molar-refractivity contribution in [2.75, 3.05) is 20.6 Å². The molecule has 1 heterocycles. The maximum absolute atomic E-state index is 6.46. The summed E-state index contributed by atoms with van der Waals surface area (Å²) in [5, 5.41) is 4.94. The summed E-state index contributed by atoms with van der Waals surface area (Å²) in [6.45, 7) is 6.15. The van der Waals surface area contributed by atoms with Crippen LogP contribution in [0.4, 0.5) is 0 Å². The molecule has 1 rings (SSSR count). The van der Waals surface area contributed by atoms with Gasteiger partial charge in [0.15, 0.2) is 0 Å². The highest BCUT2D eigenvalue weighted by molar-refractivity contribution is 6.32. The SMILES string of the molecule is CC(C)CCC(Cl)c1c(Cl)cnn1CCN(C)C. The monoisotopic (exact) mass is 291 g/mol. The zero-order valence-corrected chi connectivity index (χ0v) is 13.2. The van der Waals surface area contributed by atoms with Crippen molar-refractivity contribution in [1.82, 2.24) is 14.7 Å². The van der Waals surface area contributed by atoms with E-state index in [9.17, 15) is 0 Å². The molecule has 0 aliphatic rings. The minimum Gasteiger partial charge on any atom is -0.308 e. The first-order valence-corrected chi connectivity index (χ1v) is 7.23. The predicted octanol–water partition coefficient (Wildman–Crippen LogP) is 3.81. The van der Waals surface area contributed by atoms with Crippen LogP contribution in [-0.4, -0.2) is 35.3 Å². The quantitative estimate of drug-likeness (QED) is 0.712. The van der Waals surface area contributed by atoms with E-state index in [1.54, 1.807) is 6.20 Å². The first-order valence-electron chi connectivity index (χ1n) is 6.41. The van der Waals surface area contributed by atoms with E-state index >= 15 is 0 Å². The van der Waals surface area contributed by atoms with Gasteiger partial charge in [-0.3, -0.25) is 4.68 Å². The molecule has 1 aromatic heterocycles. The Morgan fingerprint density at radius 2 is 2.00 bits per heavy atom. The Hall–Kier alpha value is -0.250.